The van der Waals surface area contributed by atoms with Crippen molar-refractivity contribution in [3.8, 4) is 0 Å². The van der Waals surface area contributed by atoms with Crippen molar-refractivity contribution >= 4 is 23.9 Å². The minimum atomic E-state index is -1.24. The standard InChI is InChI=1S/C21H29N3O10/c1-11-16(24-8-15(9-29-5)22-23-24)7-17(21(28)30-6)34-19(11)20(33-14(4)27)18(32-13(3)26)10-31-12(2)25/h7-8,11,16,18-20H,9-10H2,1-6H3/t11-,16+,18-,19-,20-/m1/s1. The second kappa shape index (κ2) is 12.1. The molecule has 188 valence electrons. The van der Waals surface area contributed by atoms with Gasteiger partial charge in [-0.25, -0.2) is 9.48 Å². The Bertz CT molecular complexity index is 928. The summed E-state index contributed by atoms with van der Waals surface area (Å²) >= 11 is 0. The van der Waals surface area contributed by atoms with Crippen LogP contribution in [-0.4, -0.2) is 78.0 Å². The number of carbonyl (C=O) groups excluding carboxylic acids is 4. The molecule has 0 spiro atoms. The van der Waals surface area contributed by atoms with Crippen molar-refractivity contribution in [3.05, 3.63) is 23.7 Å². The van der Waals surface area contributed by atoms with E-state index in [1.807, 2.05) is 0 Å². The molecule has 0 saturated carbocycles. The fourth-order valence-electron chi connectivity index (χ4n) is 3.52. The van der Waals surface area contributed by atoms with Gasteiger partial charge in [-0.1, -0.05) is 12.1 Å². The number of rotatable bonds is 10. The lowest BCUT2D eigenvalue weighted by Gasteiger charge is -2.40. The summed E-state index contributed by atoms with van der Waals surface area (Å²) in [5, 5.41) is 8.14. The van der Waals surface area contributed by atoms with Crippen molar-refractivity contribution in [3.63, 3.8) is 0 Å². The molecule has 1 aromatic heterocycles. The maximum atomic E-state index is 12.4. The molecule has 2 heterocycles. The summed E-state index contributed by atoms with van der Waals surface area (Å²) in [5.41, 5.74) is 0.551. The number of nitrogens with zero attached hydrogens (tertiary/aromatic N) is 3. The van der Waals surface area contributed by atoms with Crippen molar-refractivity contribution in [1.82, 2.24) is 15.0 Å². The van der Waals surface area contributed by atoms with Crippen molar-refractivity contribution in [2.24, 2.45) is 5.92 Å². The summed E-state index contributed by atoms with van der Waals surface area (Å²) in [7, 11) is 2.70. The van der Waals surface area contributed by atoms with Crippen molar-refractivity contribution in [1.29, 1.82) is 0 Å². The highest BCUT2D eigenvalue weighted by Gasteiger charge is 2.46. The number of esters is 4. The average Bonchev–Trinajstić information content (AvgIpc) is 3.23. The van der Waals surface area contributed by atoms with E-state index in [1.54, 1.807) is 13.1 Å². The second-order valence-electron chi connectivity index (χ2n) is 7.60. The van der Waals surface area contributed by atoms with E-state index >= 15 is 0 Å². The third kappa shape index (κ3) is 7.01. The van der Waals surface area contributed by atoms with Gasteiger partial charge in [-0.3, -0.25) is 14.4 Å². The molecule has 1 aliphatic heterocycles. The molecule has 13 heteroatoms. The zero-order chi connectivity index (χ0) is 25.4. The van der Waals surface area contributed by atoms with Gasteiger partial charge in [0.05, 0.1) is 26.0 Å². The van der Waals surface area contributed by atoms with Crippen LogP contribution in [0.3, 0.4) is 0 Å². The van der Waals surface area contributed by atoms with E-state index in [0.29, 0.717) is 5.69 Å². The summed E-state index contributed by atoms with van der Waals surface area (Å²) in [6.45, 7) is 5.10. The molecular formula is C21H29N3O10. The van der Waals surface area contributed by atoms with Crippen LogP contribution in [0.1, 0.15) is 39.4 Å². The monoisotopic (exact) mass is 483 g/mol. The maximum absolute atomic E-state index is 12.4. The van der Waals surface area contributed by atoms with E-state index in [4.69, 9.17) is 28.4 Å². The Morgan fingerprint density at radius 2 is 1.76 bits per heavy atom. The minimum Gasteiger partial charge on any atom is -0.479 e. The van der Waals surface area contributed by atoms with E-state index in [2.05, 4.69) is 10.3 Å². The van der Waals surface area contributed by atoms with Crippen LogP contribution in [0.5, 0.6) is 0 Å². The molecule has 0 aromatic carbocycles. The minimum absolute atomic E-state index is 0.161. The number of aromatic nitrogens is 3. The molecule has 13 nitrogen and oxygen atoms in total. The number of methoxy groups -OCH3 is 2. The van der Waals surface area contributed by atoms with Gasteiger partial charge in [0.2, 0.25) is 5.76 Å². The van der Waals surface area contributed by atoms with E-state index in [1.165, 1.54) is 38.8 Å². The molecule has 5 atom stereocenters. The number of ether oxygens (including phenoxy) is 6. The highest BCUT2D eigenvalue weighted by atomic mass is 16.6. The first-order valence-corrected chi connectivity index (χ1v) is 10.4. The normalized spacial score (nSPS) is 21.4. The van der Waals surface area contributed by atoms with E-state index in [9.17, 15) is 19.2 Å². The molecule has 1 aliphatic rings. The highest BCUT2D eigenvalue weighted by molar-refractivity contribution is 5.86. The van der Waals surface area contributed by atoms with Gasteiger partial charge >= 0.3 is 23.9 Å². The van der Waals surface area contributed by atoms with E-state index in [0.717, 1.165) is 6.92 Å². The molecule has 0 saturated heterocycles. The molecule has 0 fully saturated rings. The van der Waals surface area contributed by atoms with Crippen LogP contribution in [0.25, 0.3) is 0 Å². The Labute approximate surface area is 196 Å². The van der Waals surface area contributed by atoms with Gasteiger partial charge in [-0.2, -0.15) is 0 Å². The van der Waals surface area contributed by atoms with Crippen LogP contribution in [0, 0.1) is 5.92 Å². The Hall–Kier alpha value is -3.48. The first-order valence-electron chi connectivity index (χ1n) is 10.4. The lowest BCUT2D eigenvalue weighted by Crippen LogP contribution is -2.52. The fourth-order valence-corrected chi connectivity index (χ4v) is 3.52. The average molecular weight is 483 g/mol. The quantitative estimate of drug-likeness (QED) is 0.336. The summed E-state index contributed by atoms with van der Waals surface area (Å²) in [4.78, 5) is 47.5. The van der Waals surface area contributed by atoms with Crippen molar-refractivity contribution in [2.75, 3.05) is 20.8 Å². The number of carbonyl (C=O) groups is 4. The van der Waals surface area contributed by atoms with Gasteiger partial charge in [0.1, 0.15) is 18.4 Å². The molecule has 0 aliphatic carbocycles. The van der Waals surface area contributed by atoms with Gasteiger partial charge in [0.25, 0.3) is 0 Å². The molecule has 2 rings (SSSR count). The molecule has 0 bridgehead atoms. The Kier molecular flexibility index (Phi) is 9.54. The van der Waals surface area contributed by atoms with Gasteiger partial charge < -0.3 is 28.4 Å². The summed E-state index contributed by atoms with van der Waals surface area (Å²) in [6.07, 6.45) is -0.329. The van der Waals surface area contributed by atoms with Gasteiger partial charge in [-0.15, -0.1) is 5.10 Å². The molecule has 0 radical (unpaired) electrons. The number of hydrogen-bond acceptors (Lipinski definition) is 12. The lowest BCUT2D eigenvalue weighted by molar-refractivity contribution is -0.190. The SMILES string of the molecule is COCc1cn([C@H]2C=C(C(=O)OC)O[C@@H]([C@H](OC(C)=O)[C@@H](COC(C)=O)OC(C)=O)[C@@H]2C)nn1. The highest BCUT2D eigenvalue weighted by Crippen LogP contribution is 2.36. The second-order valence-corrected chi connectivity index (χ2v) is 7.60. The molecule has 1 aromatic rings. The van der Waals surface area contributed by atoms with Crippen LogP contribution in [0.2, 0.25) is 0 Å². The Morgan fingerprint density at radius 1 is 1.09 bits per heavy atom. The van der Waals surface area contributed by atoms with E-state index < -0.39 is 60.8 Å². The third-order valence-corrected chi connectivity index (χ3v) is 4.94. The topological polar surface area (TPSA) is 154 Å². The fraction of sp³-hybridized carbons (Fsp3) is 0.619. The van der Waals surface area contributed by atoms with Gasteiger partial charge in [-0.05, 0) is 6.08 Å². The summed E-state index contributed by atoms with van der Waals surface area (Å²) < 4.78 is 33.1. The molecule has 0 N–H and O–H groups in total. The van der Waals surface area contributed by atoms with Crippen LogP contribution in [0.4, 0.5) is 0 Å². The maximum Gasteiger partial charge on any atom is 0.373 e. The number of hydrogen-bond donors (Lipinski definition) is 0. The van der Waals surface area contributed by atoms with Gasteiger partial charge in [0, 0.05) is 33.8 Å². The van der Waals surface area contributed by atoms with Crippen molar-refractivity contribution < 1.29 is 47.6 Å². The first-order chi connectivity index (χ1) is 16.1. The smallest absolute Gasteiger partial charge is 0.373 e. The molecule has 34 heavy (non-hydrogen) atoms. The van der Waals surface area contributed by atoms with Crippen molar-refractivity contribution in [2.45, 2.75) is 58.7 Å². The van der Waals surface area contributed by atoms with Gasteiger partial charge in [0.15, 0.2) is 12.2 Å². The third-order valence-electron chi connectivity index (χ3n) is 4.94. The molecular weight excluding hydrogens is 454 g/mol. The molecule has 0 amide bonds. The Morgan fingerprint density at radius 3 is 2.32 bits per heavy atom. The van der Waals surface area contributed by atoms with Crippen LogP contribution >= 0.6 is 0 Å². The van der Waals surface area contributed by atoms with Crippen LogP contribution < -0.4 is 0 Å². The largest absolute Gasteiger partial charge is 0.479 e. The first kappa shape index (κ1) is 26.8. The summed E-state index contributed by atoms with van der Waals surface area (Å²) in [5.74, 6) is -3.45. The number of allylic oxidation sites excluding steroid dienone is 1. The van der Waals surface area contributed by atoms with Crippen LogP contribution in [-0.2, 0) is 54.2 Å². The predicted octanol–water partition coefficient (Wildman–Crippen LogP) is 0.484. The van der Waals surface area contributed by atoms with Crippen LogP contribution in [0.15, 0.2) is 18.0 Å². The zero-order valence-corrected chi connectivity index (χ0v) is 19.9. The van der Waals surface area contributed by atoms with E-state index in [-0.39, 0.29) is 12.4 Å². The zero-order valence-electron chi connectivity index (χ0n) is 19.9. The Balaban J connectivity index is 2.50. The summed E-state index contributed by atoms with van der Waals surface area (Å²) in [6, 6.07) is -0.587. The molecule has 0 unspecified atom stereocenters. The lowest BCUT2D eigenvalue weighted by atomic mass is 9.87. The predicted molar refractivity (Wildman–Crippen MR) is 112 cm³/mol.